The summed E-state index contributed by atoms with van der Waals surface area (Å²) in [6.07, 6.45) is 3.44. The Balaban J connectivity index is 2.79. The molecule has 0 aromatic carbocycles. The Morgan fingerprint density at radius 3 is 2.50 bits per heavy atom. The number of hydrogen-bond donors (Lipinski definition) is 1. The number of aromatic nitrogens is 1. The molecule has 2 N–H and O–H groups in total. The normalized spacial score (nSPS) is 10.8. The van der Waals surface area contributed by atoms with Gasteiger partial charge in [-0.15, -0.1) is 11.3 Å². The van der Waals surface area contributed by atoms with E-state index in [0.717, 1.165) is 24.6 Å². The lowest BCUT2D eigenvalue weighted by atomic mass is 10.3. The summed E-state index contributed by atoms with van der Waals surface area (Å²) in [7, 11) is 0. The predicted molar refractivity (Wildman–Crippen MR) is 72.2 cm³/mol. The van der Waals surface area contributed by atoms with E-state index in [2.05, 4.69) is 30.7 Å². The number of nitrogens with zero attached hydrogens (tertiary/aromatic N) is 2. The van der Waals surface area contributed by atoms with E-state index in [-0.39, 0.29) is 0 Å². The molecular weight excluding hydrogens is 218 g/mol. The number of thiazole rings is 1. The molecule has 0 saturated carbocycles. The van der Waals surface area contributed by atoms with Gasteiger partial charge in [0.15, 0.2) is 5.13 Å². The summed E-state index contributed by atoms with van der Waals surface area (Å²) in [4.78, 5) is 8.28. The number of aryl methyl sites for hydroxylation is 1. The molecule has 3 nitrogen and oxygen atoms in total. The van der Waals surface area contributed by atoms with Crippen LogP contribution in [0.15, 0.2) is 0 Å². The Bertz CT molecular complexity index is 288. The third kappa shape index (κ3) is 3.19. The number of anilines is 1. The van der Waals surface area contributed by atoms with Gasteiger partial charge in [0.25, 0.3) is 0 Å². The molecule has 1 aromatic rings. The Labute approximate surface area is 103 Å². The van der Waals surface area contributed by atoms with Crippen LogP contribution in [0.5, 0.6) is 0 Å². The summed E-state index contributed by atoms with van der Waals surface area (Å²) in [5, 5.41) is 1.15. The van der Waals surface area contributed by atoms with Gasteiger partial charge in [0, 0.05) is 24.5 Å². The van der Waals surface area contributed by atoms with Crippen LogP contribution >= 0.6 is 11.3 Å². The van der Waals surface area contributed by atoms with Crippen molar-refractivity contribution in [2.75, 3.05) is 18.0 Å². The molecule has 0 spiro atoms. The molecule has 0 aliphatic heterocycles. The van der Waals surface area contributed by atoms with Gasteiger partial charge in [-0.25, -0.2) is 4.98 Å². The topological polar surface area (TPSA) is 42.2 Å². The zero-order chi connectivity index (χ0) is 12.0. The van der Waals surface area contributed by atoms with E-state index in [0.29, 0.717) is 6.54 Å². The first-order valence-electron chi connectivity index (χ1n) is 6.20. The molecule has 1 rings (SSSR count). The van der Waals surface area contributed by atoms with Crippen LogP contribution in [0, 0.1) is 0 Å². The molecule has 0 atom stereocenters. The average Bonchev–Trinajstić information content (AvgIpc) is 2.73. The second kappa shape index (κ2) is 6.86. The van der Waals surface area contributed by atoms with Crippen LogP contribution in [0.4, 0.5) is 5.13 Å². The minimum Gasteiger partial charge on any atom is -0.348 e. The molecule has 92 valence electrons. The smallest absolute Gasteiger partial charge is 0.185 e. The van der Waals surface area contributed by atoms with Gasteiger partial charge in [-0.1, -0.05) is 20.3 Å². The van der Waals surface area contributed by atoms with Crippen molar-refractivity contribution in [3.63, 3.8) is 0 Å². The lowest BCUT2D eigenvalue weighted by Crippen LogP contribution is -2.23. The Morgan fingerprint density at radius 2 is 2.06 bits per heavy atom. The Kier molecular flexibility index (Phi) is 5.77. The molecule has 0 saturated heterocycles. The molecule has 0 aliphatic carbocycles. The minimum atomic E-state index is 0.617. The third-order valence-electron chi connectivity index (χ3n) is 2.72. The zero-order valence-electron chi connectivity index (χ0n) is 10.6. The van der Waals surface area contributed by atoms with E-state index in [1.807, 2.05) is 0 Å². The highest BCUT2D eigenvalue weighted by molar-refractivity contribution is 7.15. The summed E-state index contributed by atoms with van der Waals surface area (Å²) in [6.45, 7) is 9.30. The molecule has 16 heavy (non-hydrogen) atoms. The largest absolute Gasteiger partial charge is 0.348 e. The minimum absolute atomic E-state index is 0.617. The van der Waals surface area contributed by atoms with Crippen LogP contribution in [0.25, 0.3) is 0 Å². The van der Waals surface area contributed by atoms with Crippen molar-refractivity contribution in [2.45, 2.75) is 46.6 Å². The fraction of sp³-hybridized carbons (Fsp3) is 0.750. The molecule has 1 aromatic heterocycles. The van der Waals surface area contributed by atoms with Gasteiger partial charge in [0.05, 0.1) is 5.69 Å². The number of hydrogen-bond acceptors (Lipinski definition) is 4. The molecule has 1 heterocycles. The number of rotatable bonds is 7. The first-order chi connectivity index (χ1) is 7.76. The van der Waals surface area contributed by atoms with Gasteiger partial charge in [-0.2, -0.15) is 0 Å². The van der Waals surface area contributed by atoms with Gasteiger partial charge in [0.2, 0.25) is 0 Å². The van der Waals surface area contributed by atoms with Crippen LogP contribution in [0.2, 0.25) is 0 Å². The number of unbranched alkanes of at least 4 members (excludes halogenated alkanes) is 1. The molecule has 0 aliphatic rings. The first kappa shape index (κ1) is 13.5. The molecule has 0 fully saturated rings. The predicted octanol–water partition coefficient (Wildman–Crippen LogP) is 2.79. The molecule has 0 bridgehead atoms. The van der Waals surface area contributed by atoms with Crippen molar-refractivity contribution in [1.82, 2.24) is 4.98 Å². The van der Waals surface area contributed by atoms with E-state index in [4.69, 9.17) is 5.73 Å². The van der Waals surface area contributed by atoms with Crippen molar-refractivity contribution < 1.29 is 0 Å². The SMILES string of the molecule is CCCCN(CC)c1nc(CC)c(CN)s1. The van der Waals surface area contributed by atoms with Crippen molar-refractivity contribution in [3.05, 3.63) is 10.6 Å². The molecule has 0 amide bonds. The van der Waals surface area contributed by atoms with E-state index in [9.17, 15) is 0 Å². The fourth-order valence-corrected chi connectivity index (χ4v) is 2.80. The first-order valence-corrected chi connectivity index (χ1v) is 7.01. The molecule has 0 unspecified atom stereocenters. The summed E-state index contributed by atoms with van der Waals surface area (Å²) in [5.74, 6) is 0. The monoisotopic (exact) mass is 241 g/mol. The average molecular weight is 241 g/mol. The summed E-state index contributed by atoms with van der Waals surface area (Å²) in [5.41, 5.74) is 6.91. The van der Waals surface area contributed by atoms with Crippen LogP contribution < -0.4 is 10.6 Å². The van der Waals surface area contributed by atoms with Gasteiger partial charge < -0.3 is 10.6 Å². The Hall–Kier alpha value is -0.610. The maximum atomic E-state index is 5.73. The van der Waals surface area contributed by atoms with Crippen molar-refractivity contribution in [2.24, 2.45) is 5.73 Å². The lowest BCUT2D eigenvalue weighted by Gasteiger charge is -2.19. The van der Waals surface area contributed by atoms with Crippen molar-refractivity contribution in [3.8, 4) is 0 Å². The van der Waals surface area contributed by atoms with Crippen LogP contribution in [-0.4, -0.2) is 18.1 Å². The van der Waals surface area contributed by atoms with Crippen molar-refractivity contribution >= 4 is 16.5 Å². The highest BCUT2D eigenvalue weighted by Gasteiger charge is 2.12. The second-order valence-corrected chi connectivity index (χ2v) is 4.92. The summed E-state index contributed by atoms with van der Waals surface area (Å²) >= 11 is 1.76. The van der Waals surface area contributed by atoms with E-state index in [1.165, 1.54) is 23.4 Å². The standard InChI is InChI=1S/C12H23N3S/c1-4-7-8-15(6-3)12-14-10(5-2)11(9-13)16-12/h4-9,13H2,1-3H3. The van der Waals surface area contributed by atoms with Gasteiger partial charge >= 0.3 is 0 Å². The van der Waals surface area contributed by atoms with Gasteiger partial charge in [-0.05, 0) is 19.8 Å². The van der Waals surface area contributed by atoms with Gasteiger partial charge in [0.1, 0.15) is 0 Å². The fourth-order valence-electron chi connectivity index (χ4n) is 1.68. The third-order valence-corrected chi connectivity index (χ3v) is 3.90. The quantitative estimate of drug-likeness (QED) is 0.798. The van der Waals surface area contributed by atoms with Gasteiger partial charge in [-0.3, -0.25) is 0 Å². The van der Waals surface area contributed by atoms with E-state index in [1.54, 1.807) is 11.3 Å². The van der Waals surface area contributed by atoms with Crippen LogP contribution in [0.3, 0.4) is 0 Å². The highest BCUT2D eigenvalue weighted by Crippen LogP contribution is 2.26. The maximum absolute atomic E-state index is 5.73. The van der Waals surface area contributed by atoms with E-state index < -0.39 is 0 Å². The zero-order valence-corrected chi connectivity index (χ0v) is 11.4. The summed E-state index contributed by atoms with van der Waals surface area (Å²) in [6, 6.07) is 0. The molecular formula is C12H23N3S. The maximum Gasteiger partial charge on any atom is 0.185 e. The van der Waals surface area contributed by atoms with E-state index >= 15 is 0 Å². The lowest BCUT2D eigenvalue weighted by molar-refractivity contribution is 0.728. The Morgan fingerprint density at radius 1 is 1.31 bits per heavy atom. The summed E-state index contributed by atoms with van der Waals surface area (Å²) < 4.78 is 0. The molecule has 0 radical (unpaired) electrons. The van der Waals surface area contributed by atoms with Crippen molar-refractivity contribution in [1.29, 1.82) is 0 Å². The second-order valence-electron chi connectivity index (χ2n) is 3.86. The van der Waals surface area contributed by atoms with Crippen LogP contribution in [0.1, 0.15) is 44.2 Å². The number of nitrogens with two attached hydrogens (primary N) is 1. The molecule has 4 heteroatoms. The van der Waals surface area contributed by atoms with Crippen LogP contribution in [-0.2, 0) is 13.0 Å². The highest BCUT2D eigenvalue weighted by atomic mass is 32.1.